The number of rotatable bonds is 3. The maximum atomic E-state index is 12.8. The third-order valence-electron chi connectivity index (χ3n) is 7.70. The second-order valence-electron chi connectivity index (χ2n) is 9.70. The number of fused-ring (bicyclic) bond motifs is 2. The smallest absolute Gasteiger partial charge is 0.311 e. The highest BCUT2D eigenvalue weighted by Crippen LogP contribution is 2.52. The number of hydrogen-bond donors (Lipinski definition) is 0. The van der Waals surface area contributed by atoms with Crippen molar-refractivity contribution >= 4 is 23.3 Å². The molecule has 2 heterocycles. The number of carbonyl (C=O) groups is 1. The van der Waals surface area contributed by atoms with Crippen molar-refractivity contribution in [1.29, 1.82) is 0 Å². The van der Waals surface area contributed by atoms with Crippen LogP contribution in [0, 0.1) is 17.3 Å². The SMILES string of the molecule is CC1=CCC[C@@]2(C)C[C@H]3OC(=O)[C@H](CN4CCN(c5cccc(Cl)c5)CC4)[C@@H]3C=C12. The minimum Gasteiger partial charge on any atom is -0.461 e. The van der Waals surface area contributed by atoms with E-state index in [0.717, 1.165) is 57.0 Å². The lowest BCUT2D eigenvalue weighted by molar-refractivity contribution is -0.145. The molecule has 2 fully saturated rings. The predicted octanol–water partition coefficient (Wildman–Crippen LogP) is 4.70. The van der Waals surface area contributed by atoms with Gasteiger partial charge in [0.2, 0.25) is 0 Å². The number of hydrogen-bond acceptors (Lipinski definition) is 4. The van der Waals surface area contributed by atoms with Gasteiger partial charge in [-0.25, -0.2) is 0 Å². The van der Waals surface area contributed by atoms with Crippen LogP contribution < -0.4 is 4.90 Å². The Bertz CT molecular complexity index is 902. The highest BCUT2D eigenvalue weighted by atomic mass is 35.5. The summed E-state index contributed by atoms with van der Waals surface area (Å²) in [6.45, 7) is 9.20. The van der Waals surface area contributed by atoms with E-state index in [-0.39, 0.29) is 29.3 Å². The van der Waals surface area contributed by atoms with Crippen LogP contribution in [0.3, 0.4) is 0 Å². The van der Waals surface area contributed by atoms with Crippen LogP contribution in [-0.4, -0.2) is 49.7 Å². The van der Waals surface area contributed by atoms with Crippen molar-refractivity contribution in [3.8, 4) is 0 Å². The minimum absolute atomic E-state index is 0.00278. The molecule has 4 atom stereocenters. The predicted molar refractivity (Wildman–Crippen MR) is 121 cm³/mol. The molecule has 0 N–H and O–H groups in total. The van der Waals surface area contributed by atoms with Gasteiger partial charge in [-0.3, -0.25) is 9.69 Å². The Morgan fingerprint density at radius 1 is 1.23 bits per heavy atom. The van der Waals surface area contributed by atoms with Crippen LogP contribution in [-0.2, 0) is 9.53 Å². The van der Waals surface area contributed by atoms with Gasteiger partial charge in [-0.05, 0) is 55.4 Å². The van der Waals surface area contributed by atoms with Gasteiger partial charge in [0, 0.05) is 49.4 Å². The Hall–Kier alpha value is -1.78. The van der Waals surface area contributed by atoms with Crippen molar-refractivity contribution in [3.05, 3.63) is 52.6 Å². The van der Waals surface area contributed by atoms with Crippen molar-refractivity contribution < 1.29 is 9.53 Å². The van der Waals surface area contributed by atoms with Crippen LogP contribution in [0.4, 0.5) is 5.69 Å². The molecule has 1 aromatic rings. The lowest BCUT2D eigenvalue weighted by Gasteiger charge is -2.43. The van der Waals surface area contributed by atoms with Crippen LogP contribution in [0.1, 0.15) is 33.1 Å². The number of piperazine rings is 1. The molecule has 0 unspecified atom stereocenters. The van der Waals surface area contributed by atoms with Gasteiger partial charge in [-0.2, -0.15) is 0 Å². The van der Waals surface area contributed by atoms with E-state index in [9.17, 15) is 4.79 Å². The first kappa shape index (κ1) is 20.1. The van der Waals surface area contributed by atoms with E-state index >= 15 is 0 Å². The monoisotopic (exact) mass is 426 g/mol. The van der Waals surface area contributed by atoms with Gasteiger partial charge in [-0.15, -0.1) is 0 Å². The molecule has 0 spiro atoms. The summed E-state index contributed by atoms with van der Waals surface area (Å²) in [6.07, 6.45) is 8.07. The van der Waals surface area contributed by atoms with Crippen LogP contribution >= 0.6 is 11.6 Å². The number of nitrogens with zero attached hydrogens (tertiary/aromatic N) is 2. The average molecular weight is 427 g/mol. The zero-order valence-electron chi connectivity index (χ0n) is 17.9. The molecule has 5 heteroatoms. The maximum Gasteiger partial charge on any atom is 0.311 e. The van der Waals surface area contributed by atoms with Crippen LogP contribution in [0.15, 0.2) is 47.6 Å². The van der Waals surface area contributed by atoms with E-state index in [1.165, 1.54) is 16.8 Å². The van der Waals surface area contributed by atoms with Gasteiger partial charge >= 0.3 is 5.97 Å². The number of esters is 1. The molecule has 1 aromatic carbocycles. The molecule has 2 aliphatic heterocycles. The molecule has 30 heavy (non-hydrogen) atoms. The highest BCUT2D eigenvalue weighted by molar-refractivity contribution is 6.30. The Kier molecular flexibility index (Phi) is 5.19. The molecular formula is C25H31ClN2O2. The molecule has 0 saturated carbocycles. The number of halogens is 1. The second-order valence-corrected chi connectivity index (χ2v) is 10.1. The first-order valence-electron chi connectivity index (χ1n) is 11.3. The van der Waals surface area contributed by atoms with E-state index in [2.05, 4.69) is 41.9 Å². The van der Waals surface area contributed by atoms with E-state index in [1.54, 1.807) is 0 Å². The molecule has 0 amide bonds. The zero-order chi connectivity index (χ0) is 20.9. The van der Waals surface area contributed by atoms with Gasteiger partial charge in [0.05, 0.1) is 5.92 Å². The molecular weight excluding hydrogens is 396 g/mol. The number of carbonyl (C=O) groups excluding carboxylic acids is 1. The summed E-state index contributed by atoms with van der Waals surface area (Å²) >= 11 is 6.16. The first-order chi connectivity index (χ1) is 14.4. The van der Waals surface area contributed by atoms with Gasteiger partial charge in [0.25, 0.3) is 0 Å². The van der Waals surface area contributed by atoms with Crippen molar-refractivity contribution in [3.63, 3.8) is 0 Å². The molecule has 0 bridgehead atoms. The highest BCUT2D eigenvalue weighted by Gasteiger charge is 2.51. The van der Waals surface area contributed by atoms with E-state index < -0.39 is 0 Å². The zero-order valence-corrected chi connectivity index (χ0v) is 18.7. The first-order valence-corrected chi connectivity index (χ1v) is 11.6. The standard InChI is InChI=1S/C25H31ClN2O2/c1-17-5-4-8-25(2)15-23-20(14-22(17)25)21(24(29)30-23)16-27-9-11-28(12-10-27)19-7-3-6-18(26)13-19/h3,5-7,13-14,20-21,23H,4,8-12,15-16H2,1-2H3/t20-,21+,23+,25-/m0/s1. The van der Waals surface area contributed by atoms with Crippen LogP contribution in [0.2, 0.25) is 5.02 Å². The maximum absolute atomic E-state index is 12.8. The summed E-state index contributed by atoms with van der Waals surface area (Å²) in [4.78, 5) is 17.6. The number of ether oxygens (including phenoxy) is 1. The van der Waals surface area contributed by atoms with Crippen molar-refractivity contribution in [1.82, 2.24) is 4.90 Å². The van der Waals surface area contributed by atoms with E-state index in [1.807, 2.05) is 18.2 Å². The summed E-state index contributed by atoms with van der Waals surface area (Å²) in [6, 6.07) is 8.06. The lowest BCUT2D eigenvalue weighted by Crippen LogP contribution is -2.49. The van der Waals surface area contributed by atoms with Crippen LogP contribution in [0.5, 0.6) is 0 Å². The Balaban J connectivity index is 1.27. The van der Waals surface area contributed by atoms with E-state index in [4.69, 9.17) is 16.3 Å². The molecule has 0 radical (unpaired) electrons. The fraction of sp³-hybridized carbons (Fsp3) is 0.560. The molecule has 4 nitrogen and oxygen atoms in total. The molecule has 160 valence electrons. The fourth-order valence-electron chi connectivity index (χ4n) is 5.98. The summed E-state index contributed by atoms with van der Waals surface area (Å²) in [5, 5.41) is 0.777. The van der Waals surface area contributed by atoms with Gasteiger partial charge in [0.15, 0.2) is 0 Å². The largest absolute Gasteiger partial charge is 0.461 e. The van der Waals surface area contributed by atoms with Crippen molar-refractivity contribution in [2.24, 2.45) is 17.3 Å². The molecule has 5 rings (SSSR count). The summed E-state index contributed by atoms with van der Waals surface area (Å²) in [7, 11) is 0. The normalized spacial score (nSPS) is 34.0. The van der Waals surface area contributed by atoms with Gasteiger partial charge in [-0.1, -0.05) is 42.3 Å². The third kappa shape index (κ3) is 3.58. The molecule has 2 saturated heterocycles. The molecule has 4 aliphatic rings. The molecule has 0 aromatic heterocycles. The second kappa shape index (κ2) is 7.72. The summed E-state index contributed by atoms with van der Waals surface area (Å²) < 4.78 is 5.92. The Labute approximate surface area is 184 Å². The summed E-state index contributed by atoms with van der Waals surface area (Å²) in [5.74, 6) is 0.176. The molecule has 2 aliphatic carbocycles. The van der Waals surface area contributed by atoms with Crippen molar-refractivity contribution in [2.45, 2.75) is 39.2 Å². The van der Waals surface area contributed by atoms with E-state index in [0.29, 0.717) is 0 Å². The Morgan fingerprint density at radius 2 is 2.03 bits per heavy atom. The Morgan fingerprint density at radius 3 is 2.80 bits per heavy atom. The van der Waals surface area contributed by atoms with Crippen LogP contribution in [0.25, 0.3) is 0 Å². The number of anilines is 1. The average Bonchev–Trinajstić information content (AvgIpc) is 3.01. The minimum atomic E-state index is -0.0421. The lowest BCUT2D eigenvalue weighted by atomic mass is 9.62. The van der Waals surface area contributed by atoms with Gasteiger partial charge in [0.1, 0.15) is 6.10 Å². The quantitative estimate of drug-likeness (QED) is 0.656. The fourth-order valence-corrected chi connectivity index (χ4v) is 6.16. The number of allylic oxidation sites excluding steroid dienone is 3. The summed E-state index contributed by atoms with van der Waals surface area (Å²) in [5.41, 5.74) is 4.20. The topological polar surface area (TPSA) is 32.8 Å². The van der Waals surface area contributed by atoms with Gasteiger partial charge < -0.3 is 9.64 Å². The number of benzene rings is 1. The van der Waals surface area contributed by atoms with Crippen molar-refractivity contribution in [2.75, 3.05) is 37.6 Å². The third-order valence-corrected chi connectivity index (χ3v) is 7.93.